The van der Waals surface area contributed by atoms with Crippen LogP contribution >= 0.6 is 0 Å². The summed E-state index contributed by atoms with van der Waals surface area (Å²) in [5.41, 5.74) is -0.631. The van der Waals surface area contributed by atoms with Gasteiger partial charge < -0.3 is 9.80 Å². The Morgan fingerprint density at radius 3 is 2.63 bits per heavy atom. The molecule has 4 aliphatic rings. The monoisotopic (exact) mass is 374 g/mol. The van der Waals surface area contributed by atoms with Crippen LogP contribution in [0.25, 0.3) is 0 Å². The van der Waals surface area contributed by atoms with Crippen molar-refractivity contribution in [1.29, 1.82) is 0 Å². The van der Waals surface area contributed by atoms with Gasteiger partial charge in [-0.2, -0.15) is 0 Å². The maximum Gasteiger partial charge on any atom is 0.328 e. The van der Waals surface area contributed by atoms with E-state index in [-0.39, 0.29) is 30.3 Å². The SMILES string of the molecule is Cc1cn(CC(=O)N2C[C@@H]3CC[C@H](C2)N(CC2CCC2)C3=O)c(=O)[nH]c1=O. The molecule has 4 fully saturated rings. The molecule has 8 heteroatoms. The highest BCUT2D eigenvalue weighted by Crippen LogP contribution is 2.34. The number of hydrogen-bond donors (Lipinski definition) is 1. The van der Waals surface area contributed by atoms with Crippen LogP contribution in [-0.4, -0.2) is 56.8 Å². The second-order valence-corrected chi connectivity index (χ2v) is 8.21. The Balaban J connectivity index is 1.49. The number of H-pyrrole nitrogens is 1. The van der Waals surface area contributed by atoms with Crippen LogP contribution < -0.4 is 11.2 Å². The van der Waals surface area contributed by atoms with Gasteiger partial charge in [-0.3, -0.25) is 23.9 Å². The van der Waals surface area contributed by atoms with E-state index >= 15 is 0 Å². The van der Waals surface area contributed by atoms with Crippen molar-refractivity contribution in [2.75, 3.05) is 19.6 Å². The third-order valence-electron chi connectivity index (χ3n) is 6.32. The zero-order valence-corrected chi connectivity index (χ0v) is 15.6. The van der Waals surface area contributed by atoms with Gasteiger partial charge in [0.2, 0.25) is 11.8 Å². The highest BCUT2D eigenvalue weighted by Gasteiger charge is 2.42. The zero-order chi connectivity index (χ0) is 19.1. The Labute approximate surface area is 157 Å². The predicted octanol–water partition coefficient (Wildman–Crippen LogP) is 0.0945. The molecule has 0 unspecified atom stereocenters. The van der Waals surface area contributed by atoms with Gasteiger partial charge in [0.1, 0.15) is 6.54 Å². The van der Waals surface area contributed by atoms with Crippen molar-refractivity contribution in [1.82, 2.24) is 19.4 Å². The third kappa shape index (κ3) is 3.44. The maximum atomic E-state index is 12.8. The van der Waals surface area contributed by atoms with E-state index in [1.807, 2.05) is 4.90 Å². The Morgan fingerprint density at radius 1 is 1.15 bits per heavy atom. The van der Waals surface area contributed by atoms with E-state index in [4.69, 9.17) is 0 Å². The van der Waals surface area contributed by atoms with Gasteiger partial charge in [-0.1, -0.05) is 6.42 Å². The van der Waals surface area contributed by atoms with Gasteiger partial charge in [0.05, 0.1) is 5.92 Å². The second kappa shape index (κ2) is 6.98. The van der Waals surface area contributed by atoms with Crippen molar-refractivity contribution in [3.63, 3.8) is 0 Å². The molecule has 0 aromatic carbocycles. The third-order valence-corrected chi connectivity index (χ3v) is 6.32. The van der Waals surface area contributed by atoms with Crippen molar-refractivity contribution >= 4 is 11.8 Å². The number of amides is 2. The van der Waals surface area contributed by atoms with Crippen LogP contribution in [0.1, 0.15) is 37.7 Å². The van der Waals surface area contributed by atoms with Gasteiger partial charge >= 0.3 is 5.69 Å². The van der Waals surface area contributed by atoms with Crippen LogP contribution in [0.4, 0.5) is 0 Å². The topological polar surface area (TPSA) is 95.5 Å². The lowest BCUT2D eigenvalue weighted by Crippen LogP contribution is -2.50. The van der Waals surface area contributed by atoms with E-state index in [9.17, 15) is 19.2 Å². The van der Waals surface area contributed by atoms with Crippen LogP contribution in [0.15, 0.2) is 15.8 Å². The molecule has 3 aliphatic heterocycles. The number of aromatic amines is 1. The molecule has 146 valence electrons. The van der Waals surface area contributed by atoms with Crippen molar-refractivity contribution in [3.05, 3.63) is 32.6 Å². The second-order valence-electron chi connectivity index (χ2n) is 8.21. The molecule has 1 aliphatic carbocycles. The van der Waals surface area contributed by atoms with E-state index in [2.05, 4.69) is 4.98 Å². The van der Waals surface area contributed by atoms with Gasteiger partial charge in [-0.15, -0.1) is 0 Å². The van der Waals surface area contributed by atoms with Gasteiger partial charge in [0.15, 0.2) is 0 Å². The fraction of sp³-hybridized carbons (Fsp3) is 0.684. The molecule has 1 aromatic rings. The number of piperidine rings is 1. The molecule has 0 spiro atoms. The summed E-state index contributed by atoms with van der Waals surface area (Å²) >= 11 is 0. The zero-order valence-electron chi connectivity index (χ0n) is 15.6. The molecule has 2 amide bonds. The lowest BCUT2D eigenvalue weighted by Gasteiger charge is -2.40. The average molecular weight is 374 g/mol. The van der Waals surface area contributed by atoms with Gasteiger partial charge in [-0.25, -0.2) is 4.79 Å². The van der Waals surface area contributed by atoms with Crippen molar-refractivity contribution < 1.29 is 9.59 Å². The number of carbonyl (C=O) groups is 2. The lowest BCUT2D eigenvalue weighted by atomic mass is 9.83. The van der Waals surface area contributed by atoms with E-state index < -0.39 is 11.2 Å². The minimum atomic E-state index is -0.584. The quantitative estimate of drug-likeness (QED) is 0.808. The van der Waals surface area contributed by atoms with E-state index in [1.54, 1.807) is 11.8 Å². The first-order chi connectivity index (χ1) is 12.9. The summed E-state index contributed by atoms with van der Waals surface area (Å²) in [6, 6.07) is 0.0786. The number of aryl methyl sites for hydroxylation is 1. The molecule has 8 nitrogen and oxygen atoms in total. The number of carbonyl (C=O) groups excluding carboxylic acids is 2. The summed E-state index contributed by atoms with van der Waals surface area (Å²) in [7, 11) is 0. The summed E-state index contributed by atoms with van der Waals surface area (Å²) in [6.07, 6.45) is 6.81. The Bertz CT molecular complexity index is 869. The smallest absolute Gasteiger partial charge is 0.328 e. The molecule has 3 saturated heterocycles. The summed E-state index contributed by atoms with van der Waals surface area (Å²) in [5.74, 6) is 0.478. The summed E-state index contributed by atoms with van der Waals surface area (Å²) in [6.45, 7) is 3.26. The summed E-state index contributed by atoms with van der Waals surface area (Å²) in [5, 5.41) is 0. The van der Waals surface area contributed by atoms with Gasteiger partial charge in [-0.05, 0) is 38.5 Å². The standard InChI is InChI=1S/C19H26N4O4/c1-12-7-22(19(27)20-17(12)25)11-16(24)21-9-14-5-6-15(10-21)23(18(14)26)8-13-3-2-4-13/h7,13-15H,2-6,8-11H2,1H3,(H,20,25,27)/t14-,15+/m0/s1. The van der Waals surface area contributed by atoms with Crippen molar-refractivity contribution in [2.24, 2.45) is 11.8 Å². The fourth-order valence-electron chi connectivity index (χ4n) is 4.42. The minimum absolute atomic E-state index is 0.0786. The molecule has 1 N–H and O–H groups in total. The first-order valence-electron chi connectivity index (χ1n) is 9.81. The first-order valence-corrected chi connectivity index (χ1v) is 9.81. The fourth-order valence-corrected chi connectivity index (χ4v) is 4.42. The summed E-state index contributed by atoms with van der Waals surface area (Å²) in [4.78, 5) is 55.1. The largest absolute Gasteiger partial charge is 0.338 e. The molecule has 2 bridgehead atoms. The molecular weight excluding hydrogens is 348 g/mol. The number of aromatic nitrogens is 2. The normalized spacial score (nSPS) is 25.4. The summed E-state index contributed by atoms with van der Waals surface area (Å²) < 4.78 is 1.24. The van der Waals surface area contributed by atoms with Crippen LogP contribution in [0.5, 0.6) is 0 Å². The van der Waals surface area contributed by atoms with Crippen LogP contribution in [0, 0.1) is 18.8 Å². The van der Waals surface area contributed by atoms with Gasteiger partial charge in [0, 0.05) is 37.4 Å². The average Bonchev–Trinajstić information content (AvgIpc) is 2.87. The van der Waals surface area contributed by atoms with Crippen LogP contribution in [0.2, 0.25) is 0 Å². The van der Waals surface area contributed by atoms with E-state index in [0.29, 0.717) is 24.6 Å². The molecule has 0 radical (unpaired) electrons. The Morgan fingerprint density at radius 2 is 1.93 bits per heavy atom. The number of rotatable bonds is 4. The van der Waals surface area contributed by atoms with Gasteiger partial charge in [0.25, 0.3) is 5.56 Å². The van der Waals surface area contributed by atoms with E-state index in [1.165, 1.54) is 30.0 Å². The number of fused-ring (bicyclic) bond motifs is 4. The molecule has 1 aromatic heterocycles. The minimum Gasteiger partial charge on any atom is -0.338 e. The Hall–Kier alpha value is -2.38. The van der Waals surface area contributed by atoms with Crippen LogP contribution in [0.3, 0.4) is 0 Å². The highest BCUT2D eigenvalue weighted by molar-refractivity contribution is 5.83. The van der Waals surface area contributed by atoms with Crippen LogP contribution in [-0.2, 0) is 16.1 Å². The lowest BCUT2D eigenvalue weighted by molar-refractivity contribution is -0.141. The molecular formula is C19H26N4O4. The van der Waals surface area contributed by atoms with Crippen molar-refractivity contribution in [3.8, 4) is 0 Å². The number of nitrogens with one attached hydrogen (secondary N) is 1. The molecule has 4 heterocycles. The molecule has 5 rings (SSSR count). The molecule has 2 atom stereocenters. The number of hydrogen-bond acceptors (Lipinski definition) is 4. The Kier molecular flexibility index (Phi) is 4.65. The van der Waals surface area contributed by atoms with E-state index in [0.717, 1.165) is 19.4 Å². The first kappa shape index (κ1) is 18.0. The predicted molar refractivity (Wildman–Crippen MR) is 98.2 cm³/mol. The molecule has 27 heavy (non-hydrogen) atoms. The number of nitrogens with zero attached hydrogens (tertiary/aromatic N) is 3. The maximum absolute atomic E-state index is 12.8. The highest BCUT2D eigenvalue weighted by atomic mass is 16.2. The van der Waals surface area contributed by atoms with Crippen molar-refractivity contribution in [2.45, 2.75) is 51.6 Å². The molecule has 1 saturated carbocycles.